The molecule has 0 unspecified atom stereocenters. The molecule has 0 spiro atoms. The van der Waals surface area contributed by atoms with Crippen LogP contribution in [0.25, 0.3) is 22.2 Å². The molecule has 0 amide bonds. The van der Waals surface area contributed by atoms with E-state index >= 15 is 0 Å². The van der Waals surface area contributed by atoms with Gasteiger partial charge in [-0.1, -0.05) is 32.0 Å². The van der Waals surface area contributed by atoms with E-state index in [1.807, 2.05) is 18.2 Å². The summed E-state index contributed by atoms with van der Waals surface area (Å²) in [5.41, 5.74) is 3.39. The second-order valence-corrected chi connectivity index (χ2v) is 6.57. The smallest absolute Gasteiger partial charge is 0.118 e. The standard InChI is InChI=1S/C22H28N2O2/c1-4-23(5-2)15-19(25)16-24-21-9-7-6-8-18(21)14-22(24)17-10-12-20(26-3)13-11-17/h6-14,19,25H,4-5,15-16H2,1-3H3/t19-/m1/s1. The van der Waals surface area contributed by atoms with Gasteiger partial charge in [0, 0.05) is 23.1 Å². The quantitative estimate of drug-likeness (QED) is 0.665. The minimum atomic E-state index is -0.414. The number of likely N-dealkylation sites (N-methyl/N-ethyl adjacent to an activating group) is 1. The summed E-state index contributed by atoms with van der Waals surface area (Å²) in [5.74, 6) is 0.845. The van der Waals surface area contributed by atoms with E-state index in [-0.39, 0.29) is 0 Å². The highest BCUT2D eigenvalue weighted by atomic mass is 16.5. The average Bonchev–Trinajstić information content (AvgIpc) is 3.04. The van der Waals surface area contributed by atoms with Crippen molar-refractivity contribution < 1.29 is 9.84 Å². The zero-order chi connectivity index (χ0) is 18.5. The van der Waals surface area contributed by atoms with Crippen LogP contribution in [0.1, 0.15) is 13.8 Å². The molecule has 0 bridgehead atoms. The normalized spacial score (nSPS) is 12.7. The second kappa shape index (κ2) is 8.39. The SMILES string of the molecule is CCN(CC)C[C@@H](O)Cn1c(-c2ccc(OC)cc2)cc2ccccc21. The lowest BCUT2D eigenvalue weighted by Crippen LogP contribution is -2.34. The van der Waals surface area contributed by atoms with Gasteiger partial charge >= 0.3 is 0 Å². The molecule has 0 radical (unpaired) electrons. The first kappa shape index (κ1) is 18.5. The molecular formula is C22H28N2O2. The van der Waals surface area contributed by atoms with E-state index in [4.69, 9.17) is 4.74 Å². The Hall–Kier alpha value is -2.30. The van der Waals surface area contributed by atoms with Crippen molar-refractivity contribution in [3.63, 3.8) is 0 Å². The Morgan fingerprint density at radius 1 is 1.04 bits per heavy atom. The van der Waals surface area contributed by atoms with Crippen molar-refractivity contribution in [2.24, 2.45) is 0 Å². The fourth-order valence-electron chi connectivity index (χ4n) is 3.46. The van der Waals surface area contributed by atoms with Gasteiger partial charge in [-0.2, -0.15) is 0 Å². The predicted octanol–water partition coefficient (Wildman–Crippen LogP) is 4.02. The maximum atomic E-state index is 10.7. The van der Waals surface area contributed by atoms with Crippen molar-refractivity contribution in [2.75, 3.05) is 26.7 Å². The summed E-state index contributed by atoms with van der Waals surface area (Å²) in [5, 5.41) is 11.9. The first-order valence-corrected chi connectivity index (χ1v) is 9.29. The van der Waals surface area contributed by atoms with Crippen molar-refractivity contribution in [2.45, 2.75) is 26.5 Å². The molecule has 4 heteroatoms. The van der Waals surface area contributed by atoms with Crippen LogP contribution in [0.2, 0.25) is 0 Å². The number of hydrogen-bond donors (Lipinski definition) is 1. The predicted molar refractivity (Wildman–Crippen MR) is 108 cm³/mol. The lowest BCUT2D eigenvalue weighted by molar-refractivity contribution is 0.104. The molecule has 0 aliphatic rings. The topological polar surface area (TPSA) is 37.6 Å². The van der Waals surface area contributed by atoms with Gasteiger partial charge in [-0.05, 0) is 55.1 Å². The van der Waals surface area contributed by atoms with Crippen LogP contribution >= 0.6 is 0 Å². The molecule has 1 heterocycles. The summed E-state index contributed by atoms with van der Waals surface area (Å²) in [6.45, 7) is 7.41. The molecule has 1 atom stereocenters. The van der Waals surface area contributed by atoms with Crippen LogP contribution in [-0.4, -0.2) is 47.4 Å². The number of fused-ring (bicyclic) bond motifs is 1. The number of nitrogens with zero attached hydrogens (tertiary/aromatic N) is 2. The van der Waals surface area contributed by atoms with Crippen LogP contribution < -0.4 is 4.74 Å². The molecule has 3 rings (SSSR count). The largest absolute Gasteiger partial charge is 0.497 e. The van der Waals surface area contributed by atoms with Crippen LogP contribution in [0.4, 0.5) is 0 Å². The van der Waals surface area contributed by atoms with Gasteiger partial charge in [0.1, 0.15) is 5.75 Å². The molecule has 0 saturated carbocycles. The molecule has 3 aromatic rings. The Morgan fingerprint density at radius 2 is 1.73 bits per heavy atom. The van der Waals surface area contributed by atoms with Gasteiger partial charge in [0.05, 0.1) is 19.8 Å². The third kappa shape index (κ3) is 3.92. The fourth-order valence-corrected chi connectivity index (χ4v) is 3.46. The summed E-state index contributed by atoms with van der Waals surface area (Å²) in [4.78, 5) is 2.25. The summed E-state index contributed by atoms with van der Waals surface area (Å²) < 4.78 is 7.50. The van der Waals surface area contributed by atoms with E-state index < -0.39 is 6.10 Å². The van der Waals surface area contributed by atoms with E-state index in [0.29, 0.717) is 13.1 Å². The third-order valence-corrected chi connectivity index (χ3v) is 4.95. The fraction of sp³-hybridized carbons (Fsp3) is 0.364. The Balaban J connectivity index is 1.96. The van der Waals surface area contributed by atoms with Crippen molar-refractivity contribution in [3.05, 3.63) is 54.6 Å². The number of aliphatic hydroxyl groups is 1. The highest BCUT2D eigenvalue weighted by molar-refractivity contribution is 5.87. The maximum Gasteiger partial charge on any atom is 0.118 e. The molecule has 138 valence electrons. The van der Waals surface area contributed by atoms with Gasteiger partial charge in [-0.25, -0.2) is 0 Å². The van der Waals surface area contributed by atoms with Crippen LogP contribution in [0, 0.1) is 0 Å². The number of aromatic nitrogens is 1. The molecule has 0 saturated heterocycles. The maximum absolute atomic E-state index is 10.7. The Labute approximate surface area is 155 Å². The van der Waals surface area contributed by atoms with Crippen LogP contribution in [0.5, 0.6) is 5.75 Å². The minimum absolute atomic E-state index is 0.414. The average molecular weight is 352 g/mol. The summed E-state index contributed by atoms with van der Waals surface area (Å²) >= 11 is 0. The number of benzene rings is 2. The van der Waals surface area contributed by atoms with E-state index in [0.717, 1.165) is 35.6 Å². The molecule has 0 aliphatic carbocycles. The monoisotopic (exact) mass is 352 g/mol. The molecule has 0 aliphatic heterocycles. The van der Waals surface area contributed by atoms with Gasteiger partial charge < -0.3 is 19.3 Å². The summed E-state index contributed by atoms with van der Waals surface area (Å²) in [7, 11) is 1.68. The number of hydrogen-bond acceptors (Lipinski definition) is 3. The van der Waals surface area contributed by atoms with E-state index in [1.165, 1.54) is 5.39 Å². The molecular weight excluding hydrogens is 324 g/mol. The van der Waals surface area contributed by atoms with Gasteiger partial charge in [-0.15, -0.1) is 0 Å². The van der Waals surface area contributed by atoms with E-state index in [2.05, 4.69) is 59.7 Å². The molecule has 26 heavy (non-hydrogen) atoms. The van der Waals surface area contributed by atoms with E-state index in [1.54, 1.807) is 7.11 Å². The third-order valence-electron chi connectivity index (χ3n) is 4.95. The summed E-state index contributed by atoms with van der Waals surface area (Å²) in [6.07, 6.45) is -0.414. The molecule has 1 aromatic heterocycles. The number of rotatable bonds is 8. The number of aliphatic hydroxyl groups excluding tert-OH is 1. The number of methoxy groups -OCH3 is 1. The Morgan fingerprint density at radius 3 is 2.38 bits per heavy atom. The van der Waals surface area contributed by atoms with Crippen LogP contribution in [-0.2, 0) is 6.54 Å². The lowest BCUT2D eigenvalue weighted by Gasteiger charge is -2.23. The second-order valence-electron chi connectivity index (χ2n) is 6.57. The molecule has 4 nitrogen and oxygen atoms in total. The molecule has 1 N–H and O–H groups in total. The highest BCUT2D eigenvalue weighted by Crippen LogP contribution is 2.29. The Bertz CT molecular complexity index is 835. The van der Waals surface area contributed by atoms with Gasteiger partial charge in [0.2, 0.25) is 0 Å². The molecule has 2 aromatic carbocycles. The Kier molecular flexibility index (Phi) is 5.96. The van der Waals surface area contributed by atoms with Crippen molar-refractivity contribution in [1.82, 2.24) is 9.47 Å². The minimum Gasteiger partial charge on any atom is -0.497 e. The number of ether oxygens (including phenoxy) is 1. The number of para-hydroxylation sites is 1. The highest BCUT2D eigenvalue weighted by Gasteiger charge is 2.15. The lowest BCUT2D eigenvalue weighted by atomic mass is 10.1. The van der Waals surface area contributed by atoms with Crippen molar-refractivity contribution in [1.29, 1.82) is 0 Å². The van der Waals surface area contributed by atoms with Gasteiger partial charge in [0.25, 0.3) is 0 Å². The molecule has 0 fully saturated rings. The van der Waals surface area contributed by atoms with Crippen LogP contribution in [0.3, 0.4) is 0 Å². The zero-order valence-electron chi connectivity index (χ0n) is 15.9. The van der Waals surface area contributed by atoms with Gasteiger partial charge in [0.15, 0.2) is 0 Å². The first-order chi connectivity index (χ1) is 12.7. The zero-order valence-corrected chi connectivity index (χ0v) is 15.9. The van der Waals surface area contributed by atoms with Crippen molar-refractivity contribution >= 4 is 10.9 Å². The summed E-state index contributed by atoms with van der Waals surface area (Å²) in [6, 6.07) is 18.6. The van der Waals surface area contributed by atoms with Gasteiger partial charge in [-0.3, -0.25) is 0 Å². The van der Waals surface area contributed by atoms with E-state index in [9.17, 15) is 5.11 Å². The van der Waals surface area contributed by atoms with Crippen molar-refractivity contribution in [3.8, 4) is 17.0 Å². The van der Waals surface area contributed by atoms with Crippen LogP contribution in [0.15, 0.2) is 54.6 Å². The first-order valence-electron chi connectivity index (χ1n) is 9.29.